The monoisotopic (exact) mass is 372 g/mol. The Balaban J connectivity index is 1.53. The molecule has 1 aliphatic heterocycles. The van der Waals surface area contributed by atoms with Crippen molar-refractivity contribution in [2.75, 3.05) is 20.2 Å². The predicted octanol–water partition coefficient (Wildman–Crippen LogP) is 3.25. The first-order valence-electron chi connectivity index (χ1n) is 9.03. The zero-order valence-electron chi connectivity index (χ0n) is 15.7. The average molecular weight is 372 g/mol. The molecular weight excluding hydrogens is 347 g/mol. The fraction of sp³-hybridized carbons (Fsp3) is 0.400. The normalized spacial score (nSPS) is 19.7. The Kier molecular flexibility index (Phi) is 6.24. The molecule has 1 aromatic carbocycles. The van der Waals surface area contributed by atoms with Crippen molar-refractivity contribution in [1.82, 2.24) is 15.6 Å². The van der Waals surface area contributed by atoms with Crippen LogP contribution in [0, 0.1) is 5.82 Å². The molecule has 2 aromatic rings. The lowest BCUT2D eigenvalue weighted by Crippen LogP contribution is -2.45. The molecule has 0 radical (unpaired) electrons. The number of ether oxygens (including phenoxy) is 2. The van der Waals surface area contributed by atoms with Gasteiger partial charge in [0.25, 0.3) is 0 Å². The lowest BCUT2D eigenvalue weighted by Gasteiger charge is -2.24. The highest BCUT2D eigenvalue weighted by Gasteiger charge is 2.29. The molecule has 0 amide bonds. The number of aliphatic imine (C=N–C) groups is 1. The smallest absolute Gasteiger partial charge is 0.191 e. The second kappa shape index (κ2) is 8.81. The van der Waals surface area contributed by atoms with Gasteiger partial charge in [0.05, 0.1) is 11.8 Å². The van der Waals surface area contributed by atoms with E-state index in [0.29, 0.717) is 24.8 Å². The standard InChI is InChI=1S/C20H25FN4O2/c1-20(8-4-10-26-20)14-25-19(22-2)24-12-15-6-7-18(17(21)11-15)27-16-5-3-9-23-13-16/h3,5-7,9,11,13H,4,8,10,12,14H2,1-2H3,(H2,22,24,25). The molecule has 0 bridgehead atoms. The summed E-state index contributed by atoms with van der Waals surface area (Å²) in [4.78, 5) is 8.16. The third-order valence-electron chi connectivity index (χ3n) is 4.47. The van der Waals surface area contributed by atoms with Crippen LogP contribution in [0.15, 0.2) is 47.7 Å². The Bertz CT molecular complexity index is 777. The predicted molar refractivity (Wildman–Crippen MR) is 103 cm³/mol. The van der Waals surface area contributed by atoms with Gasteiger partial charge >= 0.3 is 0 Å². The molecule has 0 saturated carbocycles. The molecule has 6 nitrogen and oxygen atoms in total. The molecule has 1 saturated heterocycles. The summed E-state index contributed by atoms with van der Waals surface area (Å²) in [7, 11) is 1.71. The summed E-state index contributed by atoms with van der Waals surface area (Å²) in [5, 5.41) is 6.46. The van der Waals surface area contributed by atoms with Gasteiger partial charge in [0.1, 0.15) is 5.75 Å². The van der Waals surface area contributed by atoms with Gasteiger partial charge < -0.3 is 20.1 Å². The zero-order valence-corrected chi connectivity index (χ0v) is 15.7. The van der Waals surface area contributed by atoms with Crippen LogP contribution in [0.3, 0.4) is 0 Å². The first-order valence-corrected chi connectivity index (χ1v) is 9.03. The van der Waals surface area contributed by atoms with E-state index in [2.05, 4.69) is 27.5 Å². The highest BCUT2D eigenvalue weighted by atomic mass is 19.1. The molecule has 144 valence electrons. The van der Waals surface area contributed by atoms with Gasteiger partial charge in [0, 0.05) is 32.9 Å². The Labute approximate surface area is 158 Å². The van der Waals surface area contributed by atoms with Gasteiger partial charge in [-0.15, -0.1) is 0 Å². The van der Waals surface area contributed by atoms with Crippen LogP contribution in [0.5, 0.6) is 11.5 Å². The number of nitrogens with one attached hydrogen (secondary N) is 2. The van der Waals surface area contributed by atoms with Crippen LogP contribution in [0.1, 0.15) is 25.3 Å². The number of halogens is 1. The summed E-state index contributed by atoms with van der Waals surface area (Å²) in [6, 6.07) is 8.35. The van der Waals surface area contributed by atoms with E-state index in [1.807, 2.05) is 6.07 Å². The Morgan fingerprint density at radius 2 is 2.26 bits per heavy atom. The molecule has 27 heavy (non-hydrogen) atoms. The summed E-state index contributed by atoms with van der Waals surface area (Å²) in [6.45, 7) is 4.02. The minimum Gasteiger partial charge on any atom is -0.453 e. The van der Waals surface area contributed by atoms with Gasteiger partial charge in [-0.25, -0.2) is 4.39 Å². The summed E-state index contributed by atoms with van der Waals surface area (Å²) in [5.74, 6) is 0.894. The van der Waals surface area contributed by atoms with Crippen LogP contribution in [0.4, 0.5) is 4.39 Å². The molecule has 1 atom stereocenters. The zero-order chi connectivity index (χ0) is 19.1. The van der Waals surface area contributed by atoms with E-state index < -0.39 is 5.82 Å². The van der Waals surface area contributed by atoms with Crippen molar-refractivity contribution in [1.29, 1.82) is 0 Å². The van der Waals surface area contributed by atoms with Gasteiger partial charge in [-0.1, -0.05) is 6.07 Å². The van der Waals surface area contributed by atoms with E-state index in [0.717, 1.165) is 25.0 Å². The van der Waals surface area contributed by atoms with Crippen LogP contribution >= 0.6 is 0 Å². The quantitative estimate of drug-likeness (QED) is 0.602. The summed E-state index contributed by atoms with van der Waals surface area (Å²) in [5.41, 5.74) is 0.631. The molecule has 0 spiro atoms. The Morgan fingerprint density at radius 3 is 2.93 bits per heavy atom. The maximum atomic E-state index is 14.3. The van der Waals surface area contributed by atoms with Crippen LogP contribution < -0.4 is 15.4 Å². The van der Waals surface area contributed by atoms with E-state index in [9.17, 15) is 4.39 Å². The second-order valence-electron chi connectivity index (χ2n) is 6.74. The minimum atomic E-state index is -0.423. The van der Waals surface area contributed by atoms with Crippen LogP contribution in [0.2, 0.25) is 0 Å². The number of nitrogens with zero attached hydrogens (tertiary/aromatic N) is 2. The van der Waals surface area contributed by atoms with Gasteiger partial charge in [-0.3, -0.25) is 9.98 Å². The van der Waals surface area contributed by atoms with Crippen molar-refractivity contribution in [2.45, 2.75) is 31.9 Å². The molecule has 0 aliphatic carbocycles. The minimum absolute atomic E-state index is 0.158. The van der Waals surface area contributed by atoms with E-state index in [-0.39, 0.29) is 11.4 Å². The molecule has 1 aromatic heterocycles. The van der Waals surface area contributed by atoms with Crippen molar-refractivity contribution in [3.8, 4) is 11.5 Å². The van der Waals surface area contributed by atoms with Gasteiger partial charge in [-0.2, -0.15) is 0 Å². The molecule has 1 aliphatic rings. The SMILES string of the molecule is CN=C(NCc1ccc(Oc2cccnc2)c(F)c1)NCC1(C)CCCO1. The van der Waals surface area contributed by atoms with E-state index in [1.54, 1.807) is 37.6 Å². The van der Waals surface area contributed by atoms with Gasteiger partial charge in [-0.05, 0) is 49.6 Å². The third kappa shape index (κ3) is 5.40. The highest BCUT2D eigenvalue weighted by molar-refractivity contribution is 5.79. The van der Waals surface area contributed by atoms with Crippen molar-refractivity contribution in [3.05, 3.63) is 54.1 Å². The molecule has 1 unspecified atom stereocenters. The van der Waals surface area contributed by atoms with Crippen molar-refractivity contribution in [3.63, 3.8) is 0 Å². The van der Waals surface area contributed by atoms with Crippen LogP contribution in [0.25, 0.3) is 0 Å². The topological polar surface area (TPSA) is 67.8 Å². The molecule has 1 fully saturated rings. The summed E-state index contributed by atoms with van der Waals surface area (Å²) in [6.07, 6.45) is 5.29. The van der Waals surface area contributed by atoms with E-state index in [1.165, 1.54) is 6.07 Å². The first kappa shape index (κ1) is 19.1. The maximum absolute atomic E-state index is 14.3. The first-order chi connectivity index (χ1) is 13.1. The fourth-order valence-corrected chi connectivity index (χ4v) is 2.92. The summed E-state index contributed by atoms with van der Waals surface area (Å²) < 4.78 is 25.6. The van der Waals surface area contributed by atoms with E-state index in [4.69, 9.17) is 9.47 Å². The Hall–Kier alpha value is -2.67. The molecular formula is C20H25FN4O2. The largest absolute Gasteiger partial charge is 0.453 e. The van der Waals surface area contributed by atoms with Gasteiger partial charge in [0.15, 0.2) is 17.5 Å². The van der Waals surface area contributed by atoms with Crippen LogP contribution in [-0.2, 0) is 11.3 Å². The average Bonchev–Trinajstić information content (AvgIpc) is 3.11. The molecule has 7 heteroatoms. The molecule has 2 N–H and O–H groups in total. The number of pyridine rings is 1. The third-order valence-corrected chi connectivity index (χ3v) is 4.47. The number of guanidine groups is 1. The number of benzene rings is 1. The van der Waals surface area contributed by atoms with Gasteiger partial charge in [0.2, 0.25) is 0 Å². The summed E-state index contributed by atoms with van der Waals surface area (Å²) >= 11 is 0. The number of hydrogen-bond acceptors (Lipinski definition) is 4. The highest BCUT2D eigenvalue weighted by Crippen LogP contribution is 2.25. The number of aromatic nitrogens is 1. The fourth-order valence-electron chi connectivity index (χ4n) is 2.92. The molecule has 2 heterocycles. The lowest BCUT2D eigenvalue weighted by molar-refractivity contribution is 0.0243. The second-order valence-corrected chi connectivity index (χ2v) is 6.74. The van der Waals surface area contributed by atoms with Crippen molar-refractivity contribution < 1.29 is 13.9 Å². The number of hydrogen-bond donors (Lipinski definition) is 2. The van der Waals surface area contributed by atoms with Crippen molar-refractivity contribution >= 4 is 5.96 Å². The van der Waals surface area contributed by atoms with E-state index >= 15 is 0 Å². The Morgan fingerprint density at radius 1 is 1.37 bits per heavy atom. The maximum Gasteiger partial charge on any atom is 0.191 e. The lowest BCUT2D eigenvalue weighted by atomic mass is 10.0. The van der Waals surface area contributed by atoms with Crippen LogP contribution in [-0.4, -0.2) is 36.7 Å². The molecule has 3 rings (SSSR count). The van der Waals surface area contributed by atoms with Crippen molar-refractivity contribution in [2.24, 2.45) is 4.99 Å². The number of rotatable bonds is 6.